The fraction of sp³-hybridized carbons (Fsp3) is 0.308. The third-order valence-electron chi connectivity index (χ3n) is 3.47. The number of aryl methyl sites for hydroxylation is 1. The SMILES string of the molecule is O=C(O)[C@@H]1CCCc2c1[nH]c1ccc(Cl)cc21. The van der Waals surface area contributed by atoms with Gasteiger partial charge in [-0.15, -0.1) is 0 Å². The fourth-order valence-corrected chi connectivity index (χ4v) is 2.85. The molecule has 2 aromatic rings. The van der Waals surface area contributed by atoms with Crippen molar-refractivity contribution < 1.29 is 9.90 Å². The Morgan fingerprint density at radius 1 is 1.47 bits per heavy atom. The minimum absolute atomic E-state index is 0.398. The van der Waals surface area contributed by atoms with Crippen molar-refractivity contribution >= 4 is 28.5 Å². The Hall–Kier alpha value is -1.48. The largest absolute Gasteiger partial charge is 0.481 e. The van der Waals surface area contributed by atoms with Gasteiger partial charge in [-0.2, -0.15) is 0 Å². The molecule has 0 bridgehead atoms. The average Bonchev–Trinajstić information content (AvgIpc) is 2.66. The van der Waals surface area contributed by atoms with Crippen molar-refractivity contribution in [3.05, 3.63) is 34.5 Å². The van der Waals surface area contributed by atoms with E-state index in [9.17, 15) is 9.90 Å². The van der Waals surface area contributed by atoms with Crippen molar-refractivity contribution in [2.75, 3.05) is 0 Å². The molecule has 1 atom stereocenters. The molecule has 1 aliphatic carbocycles. The molecule has 0 fully saturated rings. The third kappa shape index (κ3) is 1.62. The highest BCUT2D eigenvalue weighted by molar-refractivity contribution is 6.31. The van der Waals surface area contributed by atoms with Gasteiger partial charge in [0.05, 0.1) is 5.92 Å². The van der Waals surface area contributed by atoms with Gasteiger partial charge >= 0.3 is 5.97 Å². The predicted octanol–water partition coefficient (Wildman–Crippen LogP) is 3.33. The van der Waals surface area contributed by atoms with Crippen LogP contribution in [0.25, 0.3) is 10.9 Å². The van der Waals surface area contributed by atoms with E-state index in [1.54, 1.807) is 0 Å². The molecule has 0 saturated carbocycles. The monoisotopic (exact) mass is 249 g/mol. The van der Waals surface area contributed by atoms with Gasteiger partial charge in [0.2, 0.25) is 0 Å². The zero-order valence-corrected chi connectivity index (χ0v) is 9.92. The molecule has 0 aliphatic heterocycles. The van der Waals surface area contributed by atoms with E-state index in [0.29, 0.717) is 11.4 Å². The Morgan fingerprint density at radius 2 is 2.29 bits per heavy atom. The number of hydrogen-bond donors (Lipinski definition) is 2. The van der Waals surface area contributed by atoms with E-state index in [-0.39, 0.29) is 0 Å². The summed E-state index contributed by atoms with van der Waals surface area (Å²) in [7, 11) is 0. The molecule has 17 heavy (non-hydrogen) atoms. The van der Waals surface area contributed by atoms with Crippen LogP contribution in [-0.2, 0) is 11.2 Å². The number of aromatic amines is 1. The van der Waals surface area contributed by atoms with Crippen molar-refractivity contribution in [3.63, 3.8) is 0 Å². The number of hydrogen-bond acceptors (Lipinski definition) is 1. The Bertz CT molecular complexity index is 603. The van der Waals surface area contributed by atoms with Crippen molar-refractivity contribution in [2.24, 2.45) is 0 Å². The molecule has 1 heterocycles. The molecule has 88 valence electrons. The first-order valence-electron chi connectivity index (χ1n) is 5.69. The molecule has 3 nitrogen and oxygen atoms in total. The number of carboxylic acids is 1. The van der Waals surface area contributed by atoms with Gasteiger partial charge in [0.1, 0.15) is 0 Å². The van der Waals surface area contributed by atoms with Gasteiger partial charge in [-0.25, -0.2) is 0 Å². The number of aliphatic carboxylic acids is 1. The summed E-state index contributed by atoms with van der Waals surface area (Å²) in [5, 5.41) is 11.0. The average molecular weight is 250 g/mol. The highest BCUT2D eigenvalue weighted by Crippen LogP contribution is 2.36. The Morgan fingerprint density at radius 3 is 3.06 bits per heavy atom. The van der Waals surface area contributed by atoms with E-state index in [1.165, 1.54) is 0 Å². The summed E-state index contributed by atoms with van der Waals surface area (Å²) in [6.07, 6.45) is 2.56. The van der Waals surface area contributed by atoms with Crippen LogP contribution in [0.2, 0.25) is 5.02 Å². The first-order valence-corrected chi connectivity index (χ1v) is 6.07. The third-order valence-corrected chi connectivity index (χ3v) is 3.70. The van der Waals surface area contributed by atoms with Gasteiger partial charge in [0.25, 0.3) is 0 Å². The van der Waals surface area contributed by atoms with E-state index in [1.807, 2.05) is 18.2 Å². The number of rotatable bonds is 1. The molecule has 0 spiro atoms. The van der Waals surface area contributed by atoms with Crippen molar-refractivity contribution in [2.45, 2.75) is 25.2 Å². The molecular formula is C13H12ClNO2. The second-order valence-electron chi connectivity index (χ2n) is 4.49. The zero-order chi connectivity index (χ0) is 12.0. The fourth-order valence-electron chi connectivity index (χ4n) is 2.68. The Balaban J connectivity index is 2.25. The number of nitrogens with one attached hydrogen (secondary N) is 1. The van der Waals surface area contributed by atoms with Crippen LogP contribution >= 0.6 is 11.6 Å². The number of benzene rings is 1. The maximum atomic E-state index is 11.2. The smallest absolute Gasteiger partial charge is 0.312 e. The Labute approximate surface area is 103 Å². The minimum Gasteiger partial charge on any atom is -0.481 e. The van der Waals surface area contributed by atoms with Crippen molar-refractivity contribution in [1.82, 2.24) is 4.98 Å². The van der Waals surface area contributed by atoms with Gasteiger partial charge in [-0.3, -0.25) is 4.79 Å². The molecule has 3 rings (SSSR count). The highest BCUT2D eigenvalue weighted by atomic mass is 35.5. The molecule has 1 aromatic carbocycles. The second-order valence-corrected chi connectivity index (χ2v) is 4.93. The zero-order valence-electron chi connectivity index (χ0n) is 9.16. The van der Waals surface area contributed by atoms with Crippen LogP contribution in [0.4, 0.5) is 0 Å². The van der Waals surface area contributed by atoms with Gasteiger partial charge in [-0.1, -0.05) is 11.6 Å². The molecule has 0 saturated heterocycles. The van der Waals surface area contributed by atoms with Crippen molar-refractivity contribution in [1.29, 1.82) is 0 Å². The van der Waals surface area contributed by atoms with Crippen LogP contribution in [0.1, 0.15) is 30.0 Å². The molecule has 0 amide bonds. The summed E-state index contributed by atoms with van der Waals surface area (Å²) >= 11 is 5.99. The maximum Gasteiger partial charge on any atom is 0.312 e. The van der Waals surface area contributed by atoms with Crippen LogP contribution in [0, 0.1) is 0 Å². The molecule has 0 radical (unpaired) electrons. The first-order chi connectivity index (χ1) is 8.16. The lowest BCUT2D eigenvalue weighted by molar-refractivity contribution is -0.139. The van der Waals surface area contributed by atoms with E-state index >= 15 is 0 Å². The molecule has 1 aliphatic rings. The predicted molar refractivity (Wildman–Crippen MR) is 66.6 cm³/mol. The lowest BCUT2D eigenvalue weighted by Crippen LogP contribution is -2.17. The highest BCUT2D eigenvalue weighted by Gasteiger charge is 2.29. The molecular weight excluding hydrogens is 238 g/mol. The normalized spacial score (nSPS) is 19.2. The Kier molecular flexibility index (Phi) is 2.37. The van der Waals surface area contributed by atoms with E-state index < -0.39 is 11.9 Å². The number of fused-ring (bicyclic) bond motifs is 3. The van der Waals surface area contributed by atoms with E-state index in [4.69, 9.17) is 11.6 Å². The summed E-state index contributed by atoms with van der Waals surface area (Å²) < 4.78 is 0. The molecule has 0 unspecified atom stereocenters. The number of carbonyl (C=O) groups is 1. The molecule has 1 aromatic heterocycles. The second kappa shape index (κ2) is 3.77. The van der Waals surface area contributed by atoms with Crippen LogP contribution < -0.4 is 0 Å². The molecule has 4 heteroatoms. The number of aromatic nitrogens is 1. The quantitative estimate of drug-likeness (QED) is 0.815. The van der Waals surface area contributed by atoms with Crippen LogP contribution in [0.15, 0.2) is 18.2 Å². The number of halogens is 1. The van der Waals surface area contributed by atoms with Crippen LogP contribution in [0.5, 0.6) is 0 Å². The van der Waals surface area contributed by atoms with Gasteiger partial charge in [-0.05, 0) is 43.0 Å². The van der Waals surface area contributed by atoms with Gasteiger partial charge in [0, 0.05) is 21.6 Å². The van der Waals surface area contributed by atoms with Crippen molar-refractivity contribution in [3.8, 4) is 0 Å². The van der Waals surface area contributed by atoms with E-state index in [0.717, 1.165) is 35.0 Å². The molecule has 2 N–H and O–H groups in total. The number of H-pyrrole nitrogens is 1. The topological polar surface area (TPSA) is 53.1 Å². The summed E-state index contributed by atoms with van der Waals surface area (Å²) in [5.41, 5.74) is 2.97. The maximum absolute atomic E-state index is 11.2. The van der Waals surface area contributed by atoms with Crippen LogP contribution in [-0.4, -0.2) is 16.1 Å². The van der Waals surface area contributed by atoms with Gasteiger partial charge < -0.3 is 10.1 Å². The summed E-state index contributed by atoms with van der Waals surface area (Å²) in [5.74, 6) is -1.14. The van der Waals surface area contributed by atoms with Gasteiger partial charge in [0.15, 0.2) is 0 Å². The van der Waals surface area contributed by atoms with Crippen LogP contribution in [0.3, 0.4) is 0 Å². The summed E-state index contributed by atoms with van der Waals surface area (Å²) in [4.78, 5) is 14.4. The minimum atomic E-state index is -0.747. The standard InChI is InChI=1S/C13H12ClNO2/c14-7-4-5-11-10(6-7)8-2-1-3-9(13(16)17)12(8)15-11/h4-6,9,15H,1-3H2,(H,16,17)/t9-/m1/s1. The lowest BCUT2D eigenvalue weighted by Gasteiger charge is -2.18. The first kappa shape index (κ1) is 10.7. The summed E-state index contributed by atoms with van der Waals surface area (Å²) in [6.45, 7) is 0. The summed E-state index contributed by atoms with van der Waals surface area (Å²) in [6, 6.07) is 5.65. The number of carboxylic acid groups (broad SMARTS) is 1. The lowest BCUT2D eigenvalue weighted by atomic mass is 9.87. The van der Waals surface area contributed by atoms with E-state index in [2.05, 4.69) is 4.98 Å².